The zero-order valence-corrected chi connectivity index (χ0v) is 11.0. The SMILES string of the molecule is OC[C@H](Cc1cncc(Br)c1)c1ccccc1. The molecule has 1 aromatic carbocycles. The van der Waals surface area contributed by atoms with E-state index >= 15 is 0 Å². The van der Waals surface area contributed by atoms with Crippen LogP contribution in [0.1, 0.15) is 17.0 Å². The molecule has 0 saturated carbocycles. The fourth-order valence-electron chi connectivity index (χ4n) is 1.87. The predicted molar refractivity (Wildman–Crippen MR) is 71.9 cm³/mol. The smallest absolute Gasteiger partial charge is 0.0502 e. The second-order valence-electron chi connectivity index (χ2n) is 4.01. The van der Waals surface area contributed by atoms with E-state index < -0.39 is 0 Å². The number of hydrogen-bond acceptors (Lipinski definition) is 2. The highest BCUT2D eigenvalue weighted by molar-refractivity contribution is 9.10. The van der Waals surface area contributed by atoms with Gasteiger partial charge < -0.3 is 5.11 Å². The van der Waals surface area contributed by atoms with Gasteiger partial charge in [0, 0.05) is 22.8 Å². The van der Waals surface area contributed by atoms with Crippen molar-refractivity contribution in [1.29, 1.82) is 0 Å². The van der Waals surface area contributed by atoms with Gasteiger partial charge in [0.1, 0.15) is 0 Å². The van der Waals surface area contributed by atoms with Crippen LogP contribution < -0.4 is 0 Å². The van der Waals surface area contributed by atoms with E-state index in [9.17, 15) is 5.11 Å². The molecule has 0 spiro atoms. The topological polar surface area (TPSA) is 33.1 Å². The summed E-state index contributed by atoms with van der Waals surface area (Å²) in [7, 11) is 0. The van der Waals surface area contributed by atoms with Gasteiger partial charge in [0.2, 0.25) is 0 Å². The molecule has 88 valence electrons. The molecule has 0 aliphatic rings. The van der Waals surface area contributed by atoms with Crippen LogP contribution in [0.15, 0.2) is 53.3 Å². The molecule has 2 aromatic rings. The molecular formula is C14H14BrNO. The average Bonchev–Trinajstić information content (AvgIpc) is 2.37. The molecule has 3 heteroatoms. The lowest BCUT2D eigenvalue weighted by atomic mass is 9.93. The Bertz CT molecular complexity index is 473. The molecule has 0 amide bonds. The summed E-state index contributed by atoms with van der Waals surface area (Å²) in [4.78, 5) is 4.14. The lowest BCUT2D eigenvalue weighted by molar-refractivity contribution is 0.264. The van der Waals surface area contributed by atoms with Crippen molar-refractivity contribution >= 4 is 15.9 Å². The Balaban J connectivity index is 2.16. The van der Waals surface area contributed by atoms with Crippen LogP contribution in [-0.2, 0) is 6.42 Å². The first-order valence-corrected chi connectivity index (χ1v) is 6.34. The highest BCUT2D eigenvalue weighted by atomic mass is 79.9. The van der Waals surface area contributed by atoms with E-state index in [-0.39, 0.29) is 12.5 Å². The zero-order valence-electron chi connectivity index (χ0n) is 9.38. The molecule has 1 aromatic heterocycles. The maximum atomic E-state index is 9.48. The number of hydrogen-bond donors (Lipinski definition) is 1. The second-order valence-corrected chi connectivity index (χ2v) is 4.92. The zero-order chi connectivity index (χ0) is 12.1. The molecule has 0 fully saturated rings. The van der Waals surface area contributed by atoms with Crippen molar-refractivity contribution in [2.45, 2.75) is 12.3 Å². The summed E-state index contributed by atoms with van der Waals surface area (Å²) in [5.74, 6) is 0.132. The molecule has 0 aliphatic carbocycles. The minimum atomic E-state index is 0.132. The number of rotatable bonds is 4. The number of pyridine rings is 1. The molecular weight excluding hydrogens is 278 g/mol. The summed E-state index contributed by atoms with van der Waals surface area (Å²) in [6.45, 7) is 0.149. The van der Waals surface area contributed by atoms with Gasteiger partial charge in [0.25, 0.3) is 0 Å². The highest BCUT2D eigenvalue weighted by Crippen LogP contribution is 2.21. The van der Waals surface area contributed by atoms with Crippen molar-refractivity contribution in [3.63, 3.8) is 0 Å². The third-order valence-corrected chi connectivity index (χ3v) is 3.17. The molecule has 0 unspecified atom stereocenters. The van der Waals surface area contributed by atoms with E-state index in [0.717, 1.165) is 22.0 Å². The van der Waals surface area contributed by atoms with Gasteiger partial charge in [-0.2, -0.15) is 0 Å². The number of aromatic nitrogens is 1. The van der Waals surface area contributed by atoms with E-state index in [1.54, 1.807) is 6.20 Å². The summed E-state index contributed by atoms with van der Waals surface area (Å²) in [6.07, 6.45) is 4.41. The standard InChI is InChI=1S/C14H14BrNO/c15-14-7-11(8-16-9-14)6-13(10-17)12-4-2-1-3-5-12/h1-5,7-9,13,17H,6,10H2/t13-/m0/s1. The van der Waals surface area contributed by atoms with Gasteiger partial charge in [-0.25, -0.2) is 0 Å². The Labute approximate surface area is 109 Å². The number of aliphatic hydroxyl groups is 1. The summed E-state index contributed by atoms with van der Waals surface area (Å²) in [5, 5.41) is 9.48. The monoisotopic (exact) mass is 291 g/mol. The molecule has 0 radical (unpaired) electrons. The lowest BCUT2D eigenvalue weighted by Gasteiger charge is -2.14. The van der Waals surface area contributed by atoms with Crippen LogP contribution in [0.2, 0.25) is 0 Å². The van der Waals surface area contributed by atoms with Gasteiger partial charge in [-0.3, -0.25) is 4.98 Å². The first-order chi connectivity index (χ1) is 8.29. The van der Waals surface area contributed by atoms with Gasteiger partial charge in [-0.05, 0) is 39.5 Å². The van der Waals surface area contributed by atoms with Crippen molar-refractivity contribution in [2.75, 3.05) is 6.61 Å². The quantitative estimate of drug-likeness (QED) is 0.939. The average molecular weight is 292 g/mol. The Morgan fingerprint density at radius 2 is 1.94 bits per heavy atom. The Hall–Kier alpha value is -1.19. The van der Waals surface area contributed by atoms with Crippen molar-refractivity contribution in [1.82, 2.24) is 4.98 Å². The van der Waals surface area contributed by atoms with E-state index in [1.807, 2.05) is 42.6 Å². The third-order valence-electron chi connectivity index (χ3n) is 2.73. The minimum Gasteiger partial charge on any atom is -0.396 e. The molecule has 0 bridgehead atoms. The summed E-state index contributed by atoms with van der Waals surface area (Å²) in [5.41, 5.74) is 2.29. The summed E-state index contributed by atoms with van der Waals surface area (Å²) < 4.78 is 0.972. The molecule has 1 N–H and O–H groups in total. The van der Waals surface area contributed by atoms with Crippen LogP contribution in [0.5, 0.6) is 0 Å². The first kappa shape index (κ1) is 12.3. The number of benzene rings is 1. The van der Waals surface area contributed by atoms with Crippen LogP contribution >= 0.6 is 15.9 Å². The Morgan fingerprint density at radius 1 is 1.18 bits per heavy atom. The van der Waals surface area contributed by atoms with E-state index in [2.05, 4.69) is 20.9 Å². The van der Waals surface area contributed by atoms with Crippen LogP contribution in [0, 0.1) is 0 Å². The van der Waals surface area contributed by atoms with Crippen molar-refractivity contribution < 1.29 is 5.11 Å². The number of halogens is 1. The van der Waals surface area contributed by atoms with Crippen molar-refractivity contribution in [3.05, 3.63) is 64.4 Å². The molecule has 17 heavy (non-hydrogen) atoms. The van der Waals surface area contributed by atoms with E-state index in [0.29, 0.717) is 0 Å². The minimum absolute atomic E-state index is 0.132. The molecule has 1 atom stereocenters. The van der Waals surface area contributed by atoms with E-state index in [4.69, 9.17) is 0 Å². The van der Waals surface area contributed by atoms with Crippen molar-refractivity contribution in [2.24, 2.45) is 0 Å². The van der Waals surface area contributed by atoms with Gasteiger partial charge in [0.15, 0.2) is 0 Å². The molecule has 0 saturated heterocycles. The van der Waals surface area contributed by atoms with Gasteiger partial charge >= 0.3 is 0 Å². The highest BCUT2D eigenvalue weighted by Gasteiger charge is 2.11. The first-order valence-electron chi connectivity index (χ1n) is 5.55. The van der Waals surface area contributed by atoms with Crippen molar-refractivity contribution in [3.8, 4) is 0 Å². The third kappa shape index (κ3) is 3.38. The fourth-order valence-corrected chi connectivity index (χ4v) is 2.28. The number of nitrogens with zero attached hydrogens (tertiary/aromatic N) is 1. The van der Waals surface area contributed by atoms with Gasteiger partial charge in [-0.1, -0.05) is 30.3 Å². The maximum absolute atomic E-state index is 9.48. The van der Waals surface area contributed by atoms with Crippen LogP contribution in [-0.4, -0.2) is 16.7 Å². The molecule has 1 heterocycles. The second kappa shape index (κ2) is 5.94. The number of aliphatic hydroxyl groups excluding tert-OH is 1. The van der Waals surface area contributed by atoms with Crippen LogP contribution in [0.4, 0.5) is 0 Å². The van der Waals surface area contributed by atoms with Gasteiger partial charge in [0.05, 0.1) is 6.61 Å². The van der Waals surface area contributed by atoms with Crippen LogP contribution in [0.3, 0.4) is 0 Å². The Morgan fingerprint density at radius 3 is 2.59 bits per heavy atom. The van der Waals surface area contributed by atoms with E-state index in [1.165, 1.54) is 0 Å². The normalized spacial score (nSPS) is 12.4. The predicted octanol–water partition coefficient (Wildman–Crippen LogP) is 3.16. The fraction of sp³-hybridized carbons (Fsp3) is 0.214. The molecule has 2 nitrogen and oxygen atoms in total. The van der Waals surface area contributed by atoms with Crippen LogP contribution in [0.25, 0.3) is 0 Å². The maximum Gasteiger partial charge on any atom is 0.0502 e. The van der Waals surface area contributed by atoms with Gasteiger partial charge in [-0.15, -0.1) is 0 Å². The lowest BCUT2D eigenvalue weighted by Crippen LogP contribution is -2.07. The summed E-state index contributed by atoms with van der Waals surface area (Å²) >= 11 is 3.41. The Kier molecular flexibility index (Phi) is 4.29. The molecule has 2 rings (SSSR count). The summed E-state index contributed by atoms with van der Waals surface area (Å²) in [6, 6.07) is 12.1. The molecule has 0 aliphatic heterocycles. The largest absolute Gasteiger partial charge is 0.396 e.